The van der Waals surface area contributed by atoms with Gasteiger partial charge in [-0.25, -0.2) is 9.67 Å². The molecule has 1 aliphatic carbocycles. The molecular weight excluding hydrogens is 476 g/mol. The maximum absolute atomic E-state index is 12.2. The van der Waals surface area contributed by atoms with Crippen molar-refractivity contribution < 1.29 is 0 Å². The molecule has 3 aromatic heterocycles. The lowest BCUT2D eigenvalue weighted by molar-refractivity contribution is 0.619. The summed E-state index contributed by atoms with van der Waals surface area (Å²) in [6, 6.07) is 5.50. The first-order chi connectivity index (χ1) is 17.4. The lowest BCUT2D eigenvalue weighted by Gasteiger charge is -2.29. The second-order valence-corrected chi connectivity index (χ2v) is 10.2. The SMILES string of the molecule is Cc1cc(Cl)cc2nc(N3CCc4nn(C)c(=O)cc4C3)nc(NCc3nn(C)c4c3CCCC4)c12. The number of halogens is 1. The van der Waals surface area contributed by atoms with Crippen LogP contribution in [-0.4, -0.2) is 36.1 Å². The molecule has 0 fully saturated rings. The average Bonchev–Trinajstić information content (AvgIpc) is 3.18. The van der Waals surface area contributed by atoms with Crippen molar-refractivity contribution in [3.05, 3.63) is 67.3 Å². The summed E-state index contributed by atoms with van der Waals surface area (Å²) in [6.07, 6.45) is 5.32. The van der Waals surface area contributed by atoms with Crippen molar-refractivity contribution in [2.45, 2.75) is 52.1 Å². The van der Waals surface area contributed by atoms with Gasteiger partial charge < -0.3 is 10.2 Å². The normalized spacial score (nSPS) is 15.2. The summed E-state index contributed by atoms with van der Waals surface area (Å²) in [5.74, 6) is 1.38. The van der Waals surface area contributed by atoms with Gasteiger partial charge in [-0.3, -0.25) is 9.48 Å². The molecule has 1 N–H and O–H groups in total. The number of hydrogen-bond acceptors (Lipinski definition) is 7. The van der Waals surface area contributed by atoms with E-state index in [1.165, 1.54) is 28.8 Å². The van der Waals surface area contributed by atoms with Gasteiger partial charge in [-0.15, -0.1) is 0 Å². The van der Waals surface area contributed by atoms with Gasteiger partial charge in [0.25, 0.3) is 5.56 Å². The molecule has 4 aromatic rings. The van der Waals surface area contributed by atoms with Gasteiger partial charge >= 0.3 is 0 Å². The van der Waals surface area contributed by atoms with Crippen LogP contribution in [0, 0.1) is 6.92 Å². The largest absolute Gasteiger partial charge is 0.364 e. The zero-order chi connectivity index (χ0) is 25.0. The summed E-state index contributed by atoms with van der Waals surface area (Å²) in [7, 11) is 3.72. The van der Waals surface area contributed by atoms with Gasteiger partial charge in [0.05, 0.1) is 23.4 Å². The number of hydrogen-bond donors (Lipinski definition) is 1. The van der Waals surface area contributed by atoms with Gasteiger partial charge in [0.2, 0.25) is 5.95 Å². The second-order valence-electron chi connectivity index (χ2n) is 9.79. The Hall–Kier alpha value is -3.46. The van der Waals surface area contributed by atoms with E-state index in [4.69, 9.17) is 26.7 Å². The number of fused-ring (bicyclic) bond motifs is 3. The zero-order valence-electron chi connectivity index (χ0n) is 20.8. The van der Waals surface area contributed by atoms with Crippen LogP contribution in [0.1, 0.15) is 46.6 Å². The third-order valence-corrected chi connectivity index (χ3v) is 7.56. The number of anilines is 2. The molecular formula is C26H29ClN8O. The fraction of sp³-hybridized carbons (Fsp3) is 0.423. The van der Waals surface area contributed by atoms with Gasteiger partial charge in [-0.1, -0.05) is 11.6 Å². The van der Waals surface area contributed by atoms with Crippen molar-refractivity contribution in [3.8, 4) is 0 Å². The molecule has 1 aliphatic heterocycles. The van der Waals surface area contributed by atoms with Crippen molar-refractivity contribution in [2.75, 3.05) is 16.8 Å². The monoisotopic (exact) mass is 504 g/mol. The Kier molecular flexibility index (Phi) is 5.67. The molecule has 0 atom stereocenters. The summed E-state index contributed by atoms with van der Waals surface area (Å²) in [5.41, 5.74) is 7.38. The Labute approximate surface area is 214 Å². The summed E-state index contributed by atoms with van der Waals surface area (Å²) in [5, 5.41) is 14.4. The number of aromatic nitrogens is 6. The van der Waals surface area contributed by atoms with Crippen LogP contribution >= 0.6 is 11.6 Å². The molecule has 0 amide bonds. The highest BCUT2D eigenvalue weighted by Gasteiger charge is 2.24. The van der Waals surface area contributed by atoms with E-state index in [1.807, 2.05) is 30.8 Å². The molecule has 186 valence electrons. The first-order valence-corrected chi connectivity index (χ1v) is 12.8. The molecule has 4 heterocycles. The molecule has 0 saturated carbocycles. The van der Waals surface area contributed by atoms with Crippen LogP contribution in [0.3, 0.4) is 0 Å². The summed E-state index contributed by atoms with van der Waals surface area (Å²) < 4.78 is 3.42. The molecule has 36 heavy (non-hydrogen) atoms. The van der Waals surface area contributed by atoms with Crippen LogP contribution in [-0.2, 0) is 46.4 Å². The standard InChI is InChI=1S/C26H29ClN8O/c1-15-10-17(27)12-20-24(15)25(28-13-21-18-6-4-5-7-22(18)33(2)32-21)30-26(29-20)35-9-8-19-16(14-35)11-23(36)34(3)31-19/h10-12H,4-9,13-14H2,1-3H3,(H,28,29,30). The van der Waals surface area contributed by atoms with Gasteiger partial charge in [0.15, 0.2) is 0 Å². The lowest BCUT2D eigenvalue weighted by atomic mass is 9.96. The van der Waals surface area contributed by atoms with Crippen LogP contribution in [0.15, 0.2) is 23.0 Å². The minimum Gasteiger partial charge on any atom is -0.364 e. The highest BCUT2D eigenvalue weighted by molar-refractivity contribution is 6.31. The maximum Gasteiger partial charge on any atom is 0.266 e. The Morgan fingerprint density at radius 2 is 1.86 bits per heavy atom. The molecule has 2 aliphatic rings. The minimum absolute atomic E-state index is 0.113. The van der Waals surface area contributed by atoms with E-state index in [9.17, 15) is 4.79 Å². The number of benzene rings is 1. The third kappa shape index (κ3) is 4.01. The molecule has 0 bridgehead atoms. The van der Waals surface area contributed by atoms with E-state index in [-0.39, 0.29) is 5.56 Å². The number of rotatable bonds is 4. The minimum atomic E-state index is -0.113. The van der Waals surface area contributed by atoms with Crippen LogP contribution < -0.4 is 15.8 Å². The summed E-state index contributed by atoms with van der Waals surface area (Å²) >= 11 is 6.42. The van der Waals surface area contributed by atoms with E-state index in [2.05, 4.69) is 15.3 Å². The van der Waals surface area contributed by atoms with Crippen LogP contribution in [0.4, 0.5) is 11.8 Å². The first-order valence-electron chi connectivity index (χ1n) is 12.4. The van der Waals surface area contributed by atoms with Crippen LogP contribution in [0.5, 0.6) is 0 Å². The first kappa shape index (κ1) is 23.0. The molecule has 9 nitrogen and oxygen atoms in total. The predicted molar refractivity (Wildman–Crippen MR) is 141 cm³/mol. The Morgan fingerprint density at radius 1 is 1.03 bits per heavy atom. The van der Waals surface area contributed by atoms with Crippen LogP contribution in [0.25, 0.3) is 10.9 Å². The molecule has 0 unspecified atom stereocenters. The van der Waals surface area contributed by atoms with E-state index in [1.54, 1.807) is 13.1 Å². The Balaban J connectivity index is 1.37. The van der Waals surface area contributed by atoms with Gasteiger partial charge in [0.1, 0.15) is 5.82 Å². The Morgan fingerprint density at radius 3 is 2.72 bits per heavy atom. The summed E-state index contributed by atoms with van der Waals surface area (Å²) in [4.78, 5) is 24.2. The smallest absolute Gasteiger partial charge is 0.266 e. The van der Waals surface area contributed by atoms with Crippen molar-refractivity contribution >= 4 is 34.3 Å². The molecule has 0 radical (unpaired) electrons. The van der Waals surface area contributed by atoms with E-state index in [0.29, 0.717) is 24.1 Å². The van der Waals surface area contributed by atoms with Gasteiger partial charge in [0, 0.05) is 61.3 Å². The van der Waals surface area contributed by atoms with Crippen molar-refractivity contribution in [1.29, 1.82) is 0 Å². The van der Waals surface area contributed by atoms with Gasteiger partial charge in [-0.05, 0) is 55.9 Å². The van der Waals surface area contributed by atoms with E-state index in [0.717, 1.165) is 65.0 Å². The molecule has 0 saturated heterocycles. The predicted octanol–water partition coefficient (Wildman–Crippen LogP) is 3.47. The molecule has 10 heteroatoms. The topological polar surface area (TPSA) is 93.8 Å². The fourth-order valence-corrected chi connectivity index (χ4v) is 5.78. The van der Waals surface area contributed by atoms with Crippen LogP contribution in [0.2, 0.25) is 5.02 Å². The average molecular weight is 505 g/mol. The van der Waals surface area contributed by atoms with E-state index >= 15 is 0 Å². The highest BCUT2D eigenvalue weighted by atomic mass is 35.5. The zero-order valence-corrected chi connectivity index (χ0v) is 21.6. The molecule has 6 rings (SSSR count). The molecule has 1 aromatic carbocycles. The highest BCUT2D eigenvalue weighted by Crippen LogP contribution is 2.32. The Bertz CT molecular complexity index is 1560. The number of nitrogens with zero attached hydrogens (tertiary/aromatic N) is 7. The van der Waals surface area contributed by atoms with Gasteiger partial charge in [-0.2, -0.15) is 15.2 Å². The number of nitrogens with one attached hydrogen (secondary N) is 1. The van der Waals surface area contributed by atoms with E-state index < -0.39 is 0 Å². The van der Waals surface area contributed by atoms with Crippen molar-refractivity contribution in [3.63, 3.8) is 0 Å². The number of aryl methyl sites for hydroxylation is 3. The maximum atomic E-state index is 12.2. The summed E-state index contributed by atoms with van der Waals surface area (Å²) in [6.45, 7) is 3.89. The van der Waals surface area contributed by atoms with Crippen molar-refractivity contribution in [1.82, 2.24) is 29.5 Å². The fourth-order valence-electron chi connectivity index (χ4n) is 5.51. The third-order valence-electron chi connectivity index (χ3n) is 7.34. The molecule has 0 spiro atoms. The second kappa shape index (κ2) is 8.89. The lowest BCUT2D eigenvalue weighted by Crippen LogP contribution is -2.35. The van der Waals surface area contributed by atoms with Crippen molar-refractivity contribution in [2.24, 2.45) is 14.1 Å². The quantitative estimate of drug-likeness (QED) is 0.454.